The van der Waals surface area contributed by atoms with Gasteiger partial charge >= 0.3 is 0 Å². The highest BCUT2D eigenvalue weighted by atomic mass is 32.2. The third kappa shape index (κ3) is 3.12. The van der Waals surface area contributed by atoms with Crippen LogP contribution < -0.4 is 4.72 Å². The van der Waals surface area contributed by atoms with Crippen LogP contribution in [0.5, 0.6) is 0 Å². The Morgan fingerprint density at radius 3 is 2.89 bits per heavy atom. The molecule has 0 bridgehead atoms. The predicted octanol–water partition coefficient (Wildman–Crippen LogP) is 2.52. The SMILES string of the molecule is C[C@H](NS(=O)(=O)N1CCCC[C@H]1C)c1cccs1. The van der Waals surface area contributed by atoms with E-state index < -0.39 is 10.2 Å². The number of hydrogen-bond donors (Lipinski definition) is 1. The summed E-state index contributed by atoms with van der Waals surface area (Å²) in [7, 11) is -3.37. The van der Waals surface area contributed by atoms with Gasteiger partial charge in [-0.15, -0.1) is 11.3 Å². The van der Waals surface area contributed by atoms with E-state index in [1.807, 2.05) is 31.4 Å². The van der Waals surface area contributed by atoms with Crippen molar-refractivity contribution < 1.29 is 8.42 Å². The van der Waals surface area contributed by atoms with E-state index in [0.717, 1.165) is 24.1 Å². The Hall–Kier alpha value is -0.430. The van der Waals surface area contributed by atoms with Gasteiger partial charge < -0.3 is 0 Å². The van der Waals surface area contributed by atoms with Crippen molar-refractivity contribution in [2.24, 2.45) is 0 Å². The van der Waals surface area contributed by atoms with Crippen LogP contribution in [-0.4, -0.2) is 25.3 Å². The summed E-state index contributed by atoms with van der Waals surface area (Å²) in [6, 6.07) is 3.84. The van der Waals surface area contributed by atoms with Gasteiger partial charge in [0.1, 0.15) is 0 Å². The monoisotopic (exact) mass is 288 g/mol. The average Bonchev–Trinajstić information content (AvgIpc) is 2.82. The Bertz CT molecular complexity index is 470. The fourth-order valence-corrected chi connectivity index (χ4v) is 4.78. The molecule has 1 aromatic heterocycles. The molecule has 1 saturated heterocycles. The highest BCUT2D eigenvalue weighted by Gasteiger charge is 2.30. The van der Waals surface area contributed by atoms with Gasteiger partial charge in [0.05, 0.1) is 6.04 Å². The van der Waals surface area contributed by atoms with Crippen molar-refractivity contribution in [1.29, 1.82) is 0 Å². The van der Waals surface area contributed by atoms with Gasteiger partial charge in [-0.1, -0.05) is 12.5 Å². The van der Waals surface area contributed by atoms with Crippen molar-refractivity contribution in [3.63, 3.8) is 0 Å². The van der Waals surface area contributed by atoms with Gasteiger partial charge in [0.15, 0.2) is 0 Å². The minimum Gasteiger partial charge on any atom is -0.195 e. The number of thiophene rings is 1. The van der Waals surface area contributed by atoms with Crippen LogP contribution in [0.2, 0.25) is 0 Å². The van der Waals surface area contributed by atoms with Gasteiger partial charge in [0.2, 0.25) is 0 Å². The summed E-state index contributed by atoms with van der Waals surface area (Å²) >= 11 is 1.57. The molecule has 0 saturated carbocycles. The molecule has 1 aliphatic heterocycles. The van der Waals surface area contributed by atoms with E-state index in [2.05, 4.69) is 4.72 Å². The molecule has 1 aliphatic rings. The molecule has 102 valence electrons. The summed E-state index contributed by atoms with van der Waals surface area (Å²) in [5.74, 6) is 0. The Kier molecular flexibility index (Phi) is 4.42. The van der Waals surface area contributed by atoms with Gasteiger partial charge in [-0.05, 0) is 38.1 Å². The molecule has 1 aromatic rings. The van der Waals surface area contributed by atoms with E-state index >= 15 is 0 Å². The topological polar surface area (TPSA) is 49.4 Å². The first-order valence-electron chi connectivity index (χ1n) is 6.33. The Morgan fingerprint density at radius 2 is 2.28 bits per heavy atom. The normalized spacial score (nSPS) is 24.0. The van der Waals surface area contributed by atoms with Crippen LogP contribution in [0.1, 0.15) is 44.0 Å². The second-order valence-electron chi connectivity index (χ2n) is 4.82. The van der Waals surface area contributed by atoms with Crippen LogP contribution in [0.4, 0.5) is 0 Å². The summed E-state index contributed by atoms with van der Waals surface area (Å²) in [4.78, 5) is 1.04. The molecule has 2 heterocycles. The van der Waals surface area contributed by atoms with E-state index in [9.17, 15) is 8.42 Å². The number of piperidine rings is 1. The molecule has 2 atom stereocenters. The molecular weight excluding hydrogens is 268 g/mol. The Labute approximate surface area is 113 Å². The van der Waals surface area contributed by atoms with E-state index in [0.29, 0.717) is 6.54 Å². The van der Waals surface area contributed by atoms with Crippen molar-refractivity contribution in [3.05, 3.63) is 22.4 Å². The van der Waals surface area contributed by atoms with Gasteiger partial charge in [0.25, 0.3) is 10.2 Å². The second-order valence-corrected chi connectivity index (χ2v) is 7.45. The van der Waals surface area contributed by atoms with Crippen molar-refractivity contribution in [2.45, 2.75) is 45.2 Å². The Balaban J connectivity index is 2.07. The molecule has 1 N–H and O–H groups in total. The molecule has 0 aliphatic carbocycles. The quantitative estimate of drug-likeness (QED) is 0.925. The standard InChI is InChI=1S/C12H20N2O2S2/c1-10-6-3-4-8-14(10)18(15,16)13-11(2)12-7-5-9-17-12/h5,7,9-11,13H,3-4,6,8H2,1-2H3/t10-,11+/m1/s1. The minimum absolute atomic E-state index is 0.104. The lowest BCUT2D eigenvalue weighted by Crippen LogP contribution is -2.48. The molecule has 0 unspecified atom stereocenters. The first kappa shape index (κ1) is 14.0. The first-order chi connectivity index (χ1) is 8.50. The fraction of sp³-hybridized carbons (Fsp3) is 0.667. The highest BCUT2D eigenvalue weighted by Crippen LogP contribution is 2.23. The maximum atomic E-state index is 12.3. The van der Waals surface area contributed by atoms with E-state index in [1.165, 1.54) is 0 Å². The van der Waals surface area contributed by atoms with Crippen LogP contribution in [0.15, 0.2) is 17.5 Å². The predicted molar refractivity (Wildman–Crippen MR) is 74.8 cm³/mol. The summed E-state index contributed by atoms with van der Waals surface area (Å²) < 4.78 is 29.0. The molecule has 0 spiro atoms. The highest BCUT2D eigenvalue weighted by molar-refractivity contribution is 7.87. The lowest BCUT2D eigenvalue weighted by molar-refractivity contribution is 0.264. The number of hydrogen-bond acceptors (Lipinski definition) is 3. The molecule has 4 nitrogen and oxygen atoms in total. The lowest BCUT2D eigenvalue weighted by Gasteiger charge is -2.33. The van der Waals surface area contributed by atoms with Crippen LogP contribution in [0, 0.1) is 0 Å². The van der Waals surface area contributed by atoms with E-state index in [-0.39, 0.29) is 12.1 Å². The van der Waals surface area contributed by atoms with Crippen LogP contribution in [0.3, 0.4) is 0 Å². The largest absolute Gasteiger partial charge is 0.280 e. The maximum Gasteiger partial charge on any atom is 0.280 e. The van der Waals surface area contributed by atoms with Gasteiger partial charge in [-0.3, -0.25) is 0 Å². The van der Waals surface area contributed by atoms with E-state index in [4.69, 9.17) is 0 Å². The summed E-state index contributed by atoms with van der Waals surface area (Å²) in [6.07, 6.45) is 3.03. The van der Waals surface area contributed by atoms with Crippen LogP contribution >= 0.6 is 11.3 Å². The van der Waals surface area contributed by atoms with Gasteiger partial charge in [-0.25, -0.2) is 0 Å². The fourth-order valence-electron chi connectivity index (χ4n) is 2.32. The molecule has 1 fully saturated rings. The lowest BCUT2D eigenvalue weighted by atomic mass is 10.1. The smallest absolute Gasteiger partial charge is 0.195 e. The van der Waals surface area contributed by atoms with E-state index in [1.54, 1.807) is 15.6 Å². The van der Waals surface area contributed by atoms with Crippen LogP contribution in [0.25, 0.3) is 0 Å². The van der Waals surface area contributed by atoms with Gasteiger partial charge in [0, 0.05) is 17.5 Å². The summed E-state index contributed by atoms with van der Waals surface area (Å²) in [6.45, 7) is 4.50. The van der Waals surface area contributed by atoms with Gasteiger partial charge in [-0.2, -0.15) is 17.4 Å². The minimum atomic E-state index is -3.37. The second kappa shape index (κ2) is 5.69. The number of rotatable bonds is 4. The maximum absolute atomic E-state index is 12.3. The van der Waals surface area contributed by atoms with Crippen molar-refractivity contribution in [2.75, 3.05) is 6.54 Å². The molecule has 0 aromatic carbocycles. The zero-order valence-corrected chi connectivity index (χ0v) is 12.4. The molecule has 6 heteroatoms. The molecule has 0 amide bonds. The first-order valence-corrected chi connectivity index (χ1v) is 8.65. The molecule has 2 rings (SSSR count). The number of nitrogens with zero attached hydrogens (tertiary/aromatic N) is 1. The van der Waals surface area contributed by atoms with Crippen molar-refractivity contribution >= 4 is 21.5 Å². The molecule has 0 radical (unpaired) electrons. The molecular formula is C12H20N2O2S2. The zero-order chi connectivity index (χ0) is 13.2. The Morgan fingerprint density at radius 1 is 1.50 bits per heavy atom. The summed E-state index contributed by atoms with van der Waals surface area (Å²) in [5, 5.41) is 1.96. The third-order valence-corrected chi connectivity index (χ3v) is 6.21. The van der Waals surface area contributed by atoms with Crippen LogP contribution in [-0.2, 0) is 10.2 Å². The third-order valence-electron chi connectivity index (χ3n) is 3.35. The molecule has 18 heavy (non-hydrogen) atoms. The summed E-state index contributed by atoms with van der Waals surface area (Å²) in [5.41, 5.74) is 0. The zero-order valence-electron chi connectivity index (χ0n) is 10.8. The van der Waals surface area contributed by atoms with Crippen molar-refractivity contribution in [1.82, 2.24) is 9.03 Å². The average molecular weight is 288 g/mol. The number of nitrogens with one attached hydrogen (secondary N) is 1. The van der Waals surface area contributed by atoms with Crippen molar-refractivity contribution in [3.8, 4) is 0 Å².